The lowest BCUT2D eigenvalue weighted by Crippen LogP contribution is -2.29. The van der Waals surface area contributed by atoms with Crippen LogP contribution in [0.15, 0.2) is 71.5 Å². The van der Waals surface area contributed by atoms with Gasteiger partial charge in [-0.1, -0.05) is 42.5 Å². The molecule has 144 valence electrons. The van der Waals surface area contributed by atoms with Gasteiger partial charge in [0.1, 0.15) is 5.82 Å². The SMILES string of the molecule is Cc1nc(-c2ccccc2)ccc1C(=O)N(C)Cc1nc2ccccc2c(=O)[nH]1. The average molecular weight is 384 g/mol. The summed E-state index contributed by atoms with van der Waals surface area (Å²) in [6, 6.07) is 20.6. The van der Waals surface area contributed by atoms with Gasteiger partial charge in [-0.15, -0.1) is 0 Å². The Hall–Kier alpha value is -3.80. The highest BCUT2D eigenvalue weighted by molar-refractivity contribution is 5.95. The highest BCUT2D eigenvalue weighted by atomic mass is 16.2. The lowest BCUT2D eigenvalue weighted by Gasteiger charge is -2.18. The van der Waals surface area contributed by atoms with E-state index in [2.05, 4.69) is 15.0 Å². The van der Waals surface area contributed by atoms with E-state index in [1.165, 1.54) is 4.90 Å². The van der Waals surface area contributed by atoms with Gasteiger partial charge in [-0.2, -0.15) is 0 Å². The van der Waals surface area contributed by atoms with Gasteiger partial charge in [0.15, 0.2) is 0 Å². The quantitative estimate of drug-likeness (QED) is 0.583. The summed E-state index contributed by atoms with van der Waals surface area (Å²) in [5.41, 5.74) is 3.40. The summed E-state index contributed by atoms with van der Waals surface area (Å²) in [5.74, 6) is 0.265. The molecule has 4 rings (SSSR count). The molecular weight excluding hydrogens is 364 g/mol. The van der Waals surface area contributed by atoms with Crippen LogP contribution in [-0.2, 0) is 6.54 Å². The Morgan fingerprint density at radius 3 is 2.45 bits per heavy atom. The van der Waals surface area contributed by atoms with Gasteiger partial charge in [0.05, 0.1) is 34.4 Å². The number of aromatic amines is 1. The number of nitrogens with one attached hydrogen (secondary N) is 1. The maximum Gasteiger partial charge on any atom is 0.258 e. The molecule has 4 aromatic rings. The van der Waals surface area contributed by atoms with E-state index in [0.717, 1.165) is 11.3 Å². The molecule has 0 spiro atoms. The van der Waals surface area contributed by atoms with E-state index in [1.54, 1.807) is 31.3 Å². The Labute approximate surface area is 167 Å². The van der Waals surface area contributed by atoms with Crippen LogP contribution < -0.4 is 5.56 Å². The van der Waals surface area contributed by atoms with Crippen molar-refractivity contribution in [2.24, 2.45) is 0 Å². The van der Waals surface area contributed by atoms with Crippen molar-refractivity contribution >= 4 is 16.8 Å². The van der Waals surface area contributed by atoms with Crippen LogP contribution in [0.4, 0.5) is 0 Å². The summed E-state index contributed by atoms with van der Waals surface area (Å²) in [7, 11) is 1.68. The van der Waals surface area contributed by atoms with Crippen LogP contribution in [0.25, 0.3) is 22.2 Å². The van der Waals surface area contributed by atoms with Gasteiger partial charge in [0.2, 0.25) is 0 Å². The molecule has 0 unspecified atom stereocenters. The van der Waals surface area contributed by atoms with Crippen molar-refractivity contribution in [2.75, 3.05) is 7.05 Å². The standard InChI is InChI=1S/C23H20N4O2/c1-15-17(12-13-19(24-15)16-8-4-3-5-9-16)23(29)27(2)14-21-25-20-11-7-6-10-18(20)22(28)26-21/h3-13H,14H2,1-2H3,(H,25,26,28). The molecule has 0 fully saturated rings. The Morgan fingerprint density at radius 1 is 0.966 bits per heavy atom. The number of amides is 1. The number of aromatic nitrogens is 3. The number of carbonyl (C=O) groups is 1. The predicted molar refractivity (Wildman–Crippen MR) is 113 cm³/mol. The maximum atomic E-state index is 12.9. The number of carbonyl (C=O) groups excluding carboxylic acids is 1. The van der Waals surface area contributed by atoms with Crippen molar-refractivity contribution < 1.29 is 4.79 Å². The minimum atomic E-state index is -0.212. The van der Waals surface area contributed by atoms with E-state index in [0.29, 0.717) is 28.0 Å². The maximum absolute atomic E-state index is 12.9. The normalized spacial score (nSPS) is 10.8. The number of hydrogen-bond acceptors (Lipinski definition) is 4. The number of pyridine rings is 1. The van der Waals surface area contributed by atoms with Gasteiger partial charge in [0, 0.05) is 12.6 Å². The number of nitrogens with zero attached hydrogens (tertiary/aromatic N) is 3. The smallest absolute Gasteiger partial charge is 0.258 e. The van der Waals surface area contributed by atoms with E-state index in [4.69, 9.17) is 0 Å². The number of rotatable bonds is 4. The van der Waals surface area contributed by atoms with Gasteiger partial charge in [-0.05, 0) is 31.2 Å². The molecular formula is C23H20N4O2. The summed E-state index contributed by atoms with van der Waals surface area (Å²) >= 11 is 0. The lowest BCUT2D eigenvalue weighted by atomic mass is 10.1. The minimum absolute atomic E-state index is 0.176. The van der Waals surface area contributed by atoms with Gasteiger partial charge < -0.3 is 9.88 Å². The molecule has 2 heterocycles. The molecule has 0 atom stereocenters. The predicted octanol–water partition coefficient (Wildman–Crippen LogP) is 3.57. The van der Waals surface area contributed by atoms with Gasteiger partial charge in [-0.3, -0.25) is 14.6 Å². The molecule has 6 heteroatoms. The molecule has 2 aromatic heterocycles. The number of fused-ring (bicyclic) bond motifs is 1. The van der Waals surface area contributed by atoms with Crippen LogP contribution in [-0.4, -0.2) is 32.8 Å². The third-order valence-corrected chi connectivity index (χ3v) is 4.78. The first kappa shape index (κ1) is 18.6. The molecule has 0 aliphatic rings. The number of H-pyrrole nitrogens is 1. The first-order chi connectivity index (χ1) is 14.0. The second-order valence-corrected chi connectivity index (χ2v) is 6.89. The molecule has 0 saturated heterocycles. The molecule has 0 bridgehead atoms. The summed E-state index contributed by atoms with van der Waals surface area (Å²) in [6.45, 7) is 2.02. The van der Waals surface area contributed by atoms with E-state index >= 15 is 0 Å². The van der Waals surface area contributed by atoms with Crippen LogP contribution in [0.5, 0.6) is 0 Å². The van der Waals surface area contributed by atoms with Crippen LogP contribution in [0.1, 0.15) is 21.9 Å². The topological polar surface area (TPSA) is 79.0 Å². The lowest BCUT2D eigenvalue weighted by molar-refractivity contribution is 0.0780. The molecule has 0 saturated carbocycles. The van der Waals surface area contributed by atoms with E-state index in [-0.39, 0.29) is 18.0 Å². The minimum Gasteiger partial charge on any atom is -0.334 e. The summed E-state index contributed by atoms with van der Waals surface area (Å²) in [4.78, 5) is 38.5. The van der Waals surface area contributed by atoms with E-state index in [1.807, 2.05) is 49.4 Å². The van der Waals surface area contributed by atoms with Crippen molar-refractivity contribution in [3.8, 4) is 11.3 Å². The fraction of sp³-hybridized carbons (Fsp3) is 0.130. The highest BCUT2D eigenvalue weighted by Gasteiger charge is 2.17. The molecule has 2 aromatic carbocycles. The van der Waals surface area contributed by atoms with Crippen LogP contribution >= 0.6 is 0 Å². The largest absolute Gasteiger partial charge is 0.334 e. The number of para-hydroxylation sites is 1. The van der Waals surface area contributed by atoms with Gasteiger partial charge in [-0.25, -0.2) is 4.98 Å². The Balaban J connectivity index is 1.57. The first-order valence-corrected chi connectivity index (χ1v) is 9.29. The highest BCUT2D eigenvalue weighted by Crippen LogP contribution is 2.19. The number of benzene rings is 2. The molecule has 1 amide bonds. The number of aryl methyl sites for hydroxylation is 1. The molecule has 0 aliphatic heterocycles. The molecule has 29 heavy (non-hydrogen) atoms. The fourth-order valence-electron chi connectivity index (χ4n) is 3.27. The average Bonchev–Trinajstić information content (AvgIpc) is 2.74. The summed E-state index contributed by atoms with van der Waals surface area (Å²) in [6.07, 6.45) is 0. The fourth-order valence-corrected chi connectivity index (χ4v) is 3.27. The zero-order chi connectivity index (χ0) is 20.4. The zero-order valence-electron chi connectivity index (χ0n) is 16.2. The molecule has 1 N–H and O–H groups in total. The van der Waals surface area contributed by atoms with Crippen LogP contribution in [0, 0.1) is 6.92 Å². The summed E-state index contributed by atoms with van der Waals surface area (Å²) < 4.78 is 0. The van der Waals surface area contributed by atoms with E-state index < -0.39 is 0 Å². The Bertz CT molecular complexity index is 1250. The Morgan fingerprint density at radius 2 is 1.69 bits per heavy atom. The monoisotopic (exact) mass is 384 g/mol. The molecule has 0 aliphatic carbocycles. The molecule has 0 radical (unpaired) electrons. The van der Waals surface area contributed by atoms with E-state index in [9.17, 15) is 9.59 Å². The Kier molecular flexibility index (Phi) is 4.91. The van der Waals surface area contributed by atoms with Crippen molar-refractivity contribution in [2.45, 2.75) is 13.5 Å². The second-order valence-electron chi connectivity index (χ2n) is 6.89. The zero-order valence-corrected chi connectivity index (χ0v) is 16.2. The van der Waals surface area contributed by atoms with Crippen molar-refractivity contribution in [1.82, 2.24) is 19.9 Å². The van der Waals surface area contributed by atoms with Gasteiger partial charge >= 0.3 is 0 Å². The second kappa shape index (κ2) is 7.67. The first-order valence-electron chi connectivity index (χ1n) is 9.29. The molecule has 6 nitrogen and oxygen atoms in total. The van der Waals surface area contributed by atoms with Crippen LogP contribution in [0.3, 0.4) is 0 Å². The summed E-state index contributed by atoms with van der Waals surface area (Å²) in [5, 5.41) is 0.529. The third kappa shape index (κ3) is 3.78. The van der Waals surface area contributed by atoms with Crippen molar-refractivity contribution in [3.63, 3.8) is 0 Å². The number of hydrogen-bond donors (Lipinski definition) is 1. The van der Waals surface area contributed by atoms with Crippen molar-refractivity contribution in [3.05, 3.63) is 94.2 Å². The van der Waals surface area contributed by atoms with Crippen molar-refractivity contribution in [1.29, 1.82) is 0 Å². The third-order valence-electron chi connectivity index (χ3n) is 4.78. The van der Waals surface area contributed by atoms with Crippen LogP contribution in [0.2, 0.25) is 0 Å². The van der Waals surface area contributed by atoms with Gasteiger partial charge in [0.25, 0.3) is 11.5 Å².